The third kappa shape index (κ3) is 7.52. The third-order valence-corrected chi connectivity index (χ3v) is 5.72. The molecule has 1 saturated heterocycles. The first-order valence-electron chi connectivity index (χ1n) is 10.7. The Hall–Kier alpha value is -0.860. The highest BCUT2D eigenvalue weighted by atomic mass is 127. The van der Waals surface area contributed by atoms with Gasteiger partial charge < -0.3 is 15.4 Å². The van der Waals surface area contributed by atoms with Gasteiger partial charge in [-0.15, -0.1) is 24.0 Å². The molecule has 1 aliphatic carbocycles. The Kier molecular flexibility index (Phi) is 10.6. The number of morpholine rings is 1. The van der Waals surface area contributed by atoms with E-state index in [0.29, 0.717) is 6.04 Å². The number of nitrogens with one attached hydrogen (secondary N) is 2. The summed E-state index contributed by atoms with van der Waals surface area (Å²) in [5, 5.41) is 7.08. The molecule has 1 aliphatic heterocycles. The molecule has 158 valence electrons. The molecule has 28 heavy (non-hydrogen) atoms. The molecule has 0 unspecified atom stereocenters. The van der Waals surface area contributed by atoms with Gasteiger partial charge in [0.05, 0.1) is 19.8 Å². The Morgan fingerprint density at radius 3 is 2.46 bits per heavy atom. The maximum absolute atomic E-state index is 5.47. The Morgan fingerprint density at radius 1 is 1.11 bits per heavy atom. The summed E-state index contributed by atoms with van der Waals surface area (Å²) in [7, 11) is 0. The van der Waals surface area contributed by atoms with Crippen molar-refractivity contribution in [1.29, 1.82) is 0 Å². The molecule has 0 aromatic heterocycles. The van der Waals surface area contributed by atoms with Crippen molar-refractivity contribution < 1.29 is 4.74 Å². The quantitative estimate of drug-likeness (QED) is 0.355. The molecule has 1 aromatic rings. The maximum atomic E-state index is 5.47. The lowest BCUT2D eigenvalue weighted by molar-refractivity contribution is 0.0341. The van der Waals surface area contributed by atoms with Crippen molar-refractivity contribution in [2.45, 2.75) is 58.7 Å². The molecule has 5 nitrogen and oxygen atoms in total. The molecule has 2 N–H and O–H groups in total. The van der Waals surface area contributed by atoms with Crippen LogP contribution in [0.5, 0.6) is 0 Å². The molecule has 1 heterocycles. The molecule has 6 heteroatoms. The van der Waals surface area contributed by atoms with Gasteiger partial charge in [-0.05, 0) is 49.7 Å². The number of ether oxygens (including phenoxy) is 1. The predicted octanol–water partition coefficient (Wildman–Crippen LogP) is 3.77. The normalized spacial score (nSPS) is 23.7. The molecule has 1 aromatic carbocycles. The van der Waals surface area contributed by atoms with E-state index < -0.39 is 0 Å². The van der Waals surface area contributed by atoms with Crippen molar-refractivity contribution in [3.8, 4) is 0 Å². The van der Waals surface area contributed by atoms with Crippen molar-refractivity contribution >= 4 is 29.9 Å². The molecular formula is C22H37IN4O. The Balaban J connectivity index is 0.00000280. The minimum atomic E-state index is 0. The van der Waals surface area contributed by atoms with Crippen molar-refractivity contribution in [2.75, 3.05) is 32.8 Å². The average Bonchev–Trinajstić information content (AvgIpc) is 2.70. The zero-order valence-electron chi connectivity index (χ0n) is 17.5. The zero-order chi connectivity index (χ0) is 18.9. The largest absolute Gasteiger partial charge is 0.379 e. The Labute approximate surface area is 187 Å². The van der Waals surface area contributed by atoms with E-state index >= 15 is 0 Å². The number of aliphatic imine (C=N–C) groups is 1. The number of benzene rings is 1. The van der Waals surface area contributed by atoms with Crippen LogP contribution >= 0.6 is 24.0 Å². The van der Waals surface area contributed by atoms with E-state index in [1.807, 2.05) is 0 Å². The molecule has 2 fully saturated rings. The molecule has 0 amide bonds. The average molecular weight is 500 g/mol. The highest BCUT2D eigenvalue weighted by Crippen LogP contribution is 2.23. The maximum Gasteiger partial charge on any atom is 0.191 e. The van der Waals surface area contributed by atoms with Gasteiger partial charge >= 0.3 is 0 Å². The van der Waals surface area contributed by atoms with Gasteiger partial charge in [0, 0.05) is 32.2 Å². The van der Waals surface area contributed by atoms with E-state index in [2.05, 4.69) is 53.6 Å². The number of nitrogens with zero attached hydrogens (tertiary/aromatic N) is 2. The van der Waals surface area contributed by atoms with E-state index in [4.69, 9.17) is 9.73 Å². The van der Waals surface area contributed by atoms with Gasteiger partial charge in [-0.2, -0.15) is 0 Å². The standard InChI is InChI=1S/C22H36N4O.HI/c1-3-23-22(25-21-10-8-18(2)9-11-21)24-16-19-6-4-5-7-20(19)17-26-12-14-27-15-13-26;/h4-7,18,21H,3,8-17H2,1-2H3,(H2,23,24,25);1H. The van der Waals surface area contributed by atoms with Crippen molar-refractivity contribution in [1.82, 2.24) is 15.5 Å². The number of guanidine groups is 1. The highest BCUT2D eigenvalue weighted by molar-refractivity contribution is 14.0. The third-order valence-electron chi connectivity index (χ3n) is 5.72. The summed E-state index contributed by atoms with van der Waals surface area (Å²) in [6, 6.07) is 9.27. The van der Waals surface area contributed by atoms with E-state index in [1.54, 1.807) is 0 Å². The fraction of sp³-hybridized carbons (Fsp3) is 0.682. The number of hydrogen-bond donors (Lipinski definition) is 2. The summed E-state index contributed by atoms with van der Waals surface area (Å²) in [6.45, 7) is 10.8. The van der Waals surface area contributed by atoms with Crippen LogP contribution < -0.4 is 10.6 Å². The van der Waals surface area contributed by atoms with Crippen LogP contribution in [0.1, 0.15) is 50.7 Å². The van der Waals surface area contributed by atoms with Crippen LogP contribution in [0.2, 0.25) is 0 Å². The van der Waals surface area contributed by atoms with Crippen LogP contribution in [0.15, 0.2) is 29.3 Å². The minimum absolute atomic E-state index is 0. The smallest absolute Gasteiger partial charge is 0.191 e. The fourth-order valence-corrected chi connectivity index (χ4v) is 3.95. The fourth-order valence-electron chi connectivity index (χ4n) is 3.95. The van der Waals surface area contributed by atoms with Crippen molar-refractivity contribution in [3.63, 3.8) is 0 Å². The van der Waals surface area contributed by atoms with Crippen LogP contribution in [-0.4, -0.2) is 49.7 Å². The Morgan fingerprint density at radius 2 is 1.79 bits per heavy atom. The second kappa shape index (κ2) is 12.6. The first-order valence-corrected chi connectivity index (χ1v) is 10.7. The van der Waals surface area contributed by atoms with Gasteiger partial charge in [-0.25, -0.2) is 4.99 Å². The molecule has 0 atom stereocenters. The lowest BCUT2D eigenvalue weighted by Crippen LogP contribution is -2.44. The topological polar surface area (TPSA) is 48.9 Å². The van der Waals surface area contributed by atoms with Gasteiger partial charge in [-0.3, -0.25) is 4.90 Å². The van der Waals surface area contributed by atoms with Crippen LogP contribution in [0.25, 0.3) is 0 Å². The van der Waals surface area contributed by atoms with Gasteiger partial charge in [0.15, 0.2) is 5.96 Å². The Bertz CT molecular complexity index is 596. The monoisotopic (exact) mass is 500 g/mol. The lowest BCUT2D eigenvalue weighted by Gasteiger charge is -2.28. The number of hydrogen-bond acceptors (Lipinski definition) is 3. The SMILES string of the molecule is CCNC(=NCc1ccccc1CN1CCOCC1)NC1CCC(C)CC1.I. The van der Waals surface area contributed by atoms with Gasteiger partial charge in [0.1, 0.15) is 0 Å². The molecule has 0 spiro atoms. The van der Waals surface area contributed by atoms with Crippen LogP contribution in [0.3, 0.4) is 0 Å². The number of halogens is 1. The van der Waals surface area contributed by atoms with Crippen molar-refractivity contribution in [3.05, 3.63) is 35.4 Å². The van der Waals surface area contributed by atoms with Crippen LogP contribution in [0, 0.1) is 5.92 Å². The van der Waals surface area contributed by atoms with Crippen molar-refractivity contribution in [2.24, 2.45) is 10.9 Å². The highest BCUT2D eigenvalue weighted by Gasteiger charge is 2.19. The molecule has 1 saturated carbocycles. The predicted molar refractivity (Wildman–Crippen MR) is 127 cm³/mol. The molecule has 0 radical (unpaired) electrons. The second-order valence-electron chi connectivity index (χ2n) is 7.95. The summed E-state index contributed by atoms with van der Waals surface area (Å²) in [6.07, 6.45) is 5.14. The van der Waals surface area contributed by atoms with E-state index in [9.17, 15) is 0 Å². The molecular weight excluding hydrogens is 463 g/mol. The van der Waals surface area contributed by atoms with Gasteiger partial charge in [0.2, 0.25) is 0 Å². The molecule has 3 rings (SSSR count). The van der Waals surface area contributed by atoms with Gasteiger partial charge in [0.25, 0.3) is 0 Å². The lowest BCUT2D eigenvalue weighted by atomic mass is 9.87. The first-order chi connectivity index (χ1) is 13.2. The van der Waals surface area contributed by atoms with E-state index in [1.165, 1.54) is 36.8 Å². The van der Waals surface area contributed by atoms with E-state index in [0.717, 1.165) is 57.8 Å². The number of rotatable bonds is 6. The minimum Gasteiger partial charge on any atom is -0.379 e. The summed E-state index contributed by atoms with van der Waals surface area (Å²) < 4.78 is 5.47. The summed E-state index contributed by atoms with van der Waals surface area (Å²) in [4.78, 5) is 7.37. The molecule has 2 aliphatic rings. The zero-order valence-corrected chi connectivity index (χ0v) is 19.8. The summed E-state index contributed by atoms with van der Waals surface area (Å²) >= 11 is 0. The van der Waals surface area contributed by atoms with E-state index in [-0.39, 0.29) is 24.0 Å². The summed E-state index contributed by atoms with van der Waals surface area (Å²) in [5.74, 6) is 1.83. The van der Waals surface area contributed by atoms with Crippen LogP contribution in [0.4, 0.5) is 0 Å². The second-order valence-corrected chi connectivity index (χ2v) is 7.95. The summed E-state index contributed by atoms with van der Waals surface area (Å²) in [5.41, 5.74) is 2.70. The van der Waals surface area contributed by atoms with Gasteiger partial charge in [-0.1, -0.05) is 31.2 Å². The first kappa shape index (κ1) is 23.4. The van der Waals surface area contributed by atoms with Crippen LogP contribution in [-0.2, 0) is 17.8 Å². The molecule has 0 bridgehead atoms.